The first-order valence-corrected chi connectivity index (χ1v) is 6.07. The Balaban J connectivity index is 2.69. The van der Waals surface area contributed by atoms with E-state index in [9.17, 15) is 4.79 Å². The van der Waals surface area contributed by atoms with Gasteiger partial charge in [0.1, 0.15) is 5.70 Å². The van der Waals surface area contributed by atoms with Crippen molar-refractivity contribution in [2.45, 2.75) is 52.5 Å². The summed E-state index contributed by atoms with van der Waals surface area (Å²) in [6.07, 6.45) is 6.20. The highest BCUT2D eigenvalue weighted by atomic mass is 16.2. The largest absolute Gasteiger partial charge is 0.337 e. The molecule has 1 aliphatic carbocycles. The quantitative estimate of drug-likeness (QED) is 0.532. The fourth-order valence-electron chi connectivity index (χ4n) is 1.64. The van der Waals surface area contributed by atoms with Gasteiger partial charge in [-0.25, -0.2) is 0 Å². The fourth-order valence-corrected chi connectivity index (χ4v) is 1.64. The van der Waals surface area contributed by atoms with E-state index in [0.29, 0.717) is 11.7 Å². The van der Waals surface area contributed by atoms with Crippen LogP contribution in [0.15, 0.2) is 16.8 Å². The fraction of sp³-hybridized carbons (Fsp3) is 0.692. The number of hydrogen-bond donors (Lipinski definition) is 0. The van der Waals surface area contributed by atoms with Gasteiger partial charge in [-0.3, -0.25) is 9.79 Å². The van der Waals surface area contributed by atoms with Crippen LogP contribution in [0.5, 0.6) is 0 Å². The zero-order valence-electron chi connectivity index (χ0n) is 10.8. The molecule has 0 N–H and O–H groups in total. The van der Waals surface area contributed by atoms with Crippen LogP contribution in [0.25, 0.3) is 0 Å². The van der Waals surface area contributed by atoms with Gasteiger partial charge in [-0.15, -0.1) is 0 Å². The Bertz CT molecular complexity index is 314. The highest BCUT2D eigenvalue weighted by molar-refractivity contribution is 5.96. The smallest absolute Gasteiger partial charge is 0.272 e. The maximum absolute atomic E-state index is 12.1. The van der Waals surface area contributed by atoms with E-state index in [1.807, 2.05) is 32.7 Å². The Hall–Kier alpha value is -1.12. The molecule has 0 atom stereocenters. The Kier molecular flexibility index (Phi) is 4.71. The average molecular weight is 222 g/mol. The highest BCUT2D eigenvalue weighted by Gasteiger charge is 2.26. The molecule has 0 aliphatic heterocycles. The average Bonchev–Trinajstić information content (AvgIpc) is 2.21. The molecule has 1 saturated carbocycles. The first-order valence-electron chi connectivity index (χ1n) is 6.07. The van der Waals surface area contributed by atoms with E-state index in [1.165, 1.54) is 6.42 Å². The van der Waals surface area contributed by atoms with Crippen molar-refractivity contribution in [1.29, 1.82) is 0 Å². The summed E-state index contributed by atoms with van der Waals surface area (Å²) < 4.78 is 0. The van der Waals surface area contributed by atoms with Crippen molar-refractivity contribution < 1.29 is 4.79 Å². The minimum atomic E-state index is 0.0556. The molecule has 0 radical (unpaired) electrons. The van der Waals surface area contributed by atoms with Gasteiger partial charge in [0.2, 0.25) is 0 Å². The van der Waals surface area contributed by atoms with E-state index in [0.717, 1.165) is 25.0 Å². The van der Waals surface area contributed by atoms with E-state index in [2.05, 4.69) is 4.99 Å². The molecule has 16 heavy (non-hydrogen) atoms. The van der Waals surface area contributed by atoms with Crippen molar-refractivity contribution in [2.75, 3.05) is 7.05 Å². The molecular formula is C13H22N2O. The summed E-state index contributed by atoms with van der Waals surface area (Å²) in [6.45, 7) is 5.88. The second-order valence-corrected chi connectivity index (χ2v) is 4.38. The number of rotatable bonds is 4. The molecule has 0 aromatic heterocycles. The predicted octanol–water partition coefficient (Wildman–Crippen LogP) is 2.77. The van der Waals surface area contributed by atoms with Gasteiger partial charge < -0.3 is 4.90 Å². The summed E-state index contributed by atoms with van der Waals surface area (Å²) in [5, 5.41) is 0. The number of likely N-dealkylation sites (N-methyl/N-ethyl adjacent to an activating group) is 1. The van der Waals surface area contributed by atoms with Crippen molar-refractivity contribution in [3.05, 3.63) is 11.8 Å². The maximum Gasteiger partial charge on any atom is 0.272 e. The van der Waals surface area contributed by atoms with Gasteiger partial charge in [-0.1, -0.05) is 13.0 Å². The van der Waals surface area contributed by atoms with Gasteiger partial charge in [0.15, 0.2) is 0 Å². The number of hydrogen-bond acceptors (Lipinski definition) is 2. The van der Waals surface area contributed by atoms with E-state index in [1.54, 1.807) is 6.08 Å². The van der Waals surface area contributed by atoms with Crippen molar-refractivity contribution in [3.63, 3.8) is 0 Å². The maximum atomic E-state index is 12.1. The van der Waals surface area contributed by atoms with Gasteiger partial charge in [0.05, 0.1) is 0 Å². The molecule has 1 fully saturated rings. The van der Waals surface area contributed by atoms with Gasteiger partial charge in [0.25, 0.3) is 5.91 Å². The molecule has 0 bridgehead atoms. The van der Waals surface area contributed by atoms with Crippen molar-refractivity contribution >= 4 is 11.6 Å². The SMILES string of the molecule is C/C=C(\N=C(C)CC)C(=O)N(C)C1CCC1. The molecule has 1 aliphatic rings. The third-order valence-corrected chi connectivity index (χ3v) is 3.26. The minimum Gasteiger partial charge on any atom is -0.337 e. The van der Waals surface area contributed by atoms with Crippen LogP contribution in [-0.4, -0.2) is 29.6 Å². The molecule has 0 spiro atoms. The van der Waals surface area contributed by atoms with Gasteiger partial charge in [-0.05, 0) is 39.5 Å². The molecule has 3 nitrogen and oxygen atoms in total. The first-order chi connectivity index (χ1) is 7.60. The summed E-state index contributed by atoms with van der Waals surface area (Å²) >= 11 is 0. The lowest BCUT2D eigenvalue weighted by Crippen LogP contribution is -2.41. The number of carbonyl (C=O) groups is 1. The highest BCUT2D eigenvalue weighted by Crippen LogP contribution is 2.24. The summed E-state index contributed by atoms with van der Waals surface area (Å²) in [7, 11) is 1.88. The van der Waals surface area contributed by atoms with Crippen LogP contribution in [0, 0.1) is 0 Å². The van der Waals surface area contributed by atoms with Crippen LogP contribution in [0.2, 0.25) is 0 Å². The standard InChI is InChI=1S/C13H22N2O/c1-5-10(3)14-12(6-2)13(16)15(4)11-8-7-9-11/h6,11H,5,7-9H2,1-4H3/b12-6-,14-10?. The summed E-state index contributed by atoms with van der Waals surface area (Å²) in [5.74, 6) is 0.0556. The lowest BCUT2D eigenvalue weighted by molar-refractivity contribution is -0.129. The van der Waals surface area contributed by atoms with E-state index >= 15 is 0 Å². The van der Waals surface area contributed by atoms with Gasteiger partial charge >= 0.3 is 0 Å². The molecule has 0 aromatic carbocycles. The lowest BCUT2D eigenvalue weighted by atomic mass is 9.92. The van der Waals surface area contributed by atoms with E-state index in [-0.39, 0.29) is 5.91 Å². The van der Waals surface area contributed by atoms with Crippen molar-refractivity contribution in [3.8, 4) is 0 Å². The summed E-state index contributed by atoms with van der Waals surface area (Å²) in [5.41, 5.74) is 1.58. The summed E-state index contributed by atoms with van der Waals surface area (Å²) in [6, 6.07) is 0.430. The van der Waals surface area contributed by atoms with Gasteiger partial charge in [-0.2, -0.15) is 0 Å². The van der Waals surface area contributed by atoms with E-state index in [4.69, 9.17) is 0 Å². The predicted molar refractivity (Wildman–Crippen MR) is 67.6 cm³/mol. The molecule has 0 heterocycles. The van der Waals surface area contributed by atoms with Gasteiger partial charge in [0, 0.05) is 18.8 Å². The van der Waals surface area contributed by atoms with Crippen LogP contribution in [0.3, 0.4) is 0 Å². The molecule has 3 heteroatoms. The Morgan fingerprint density at radius 2 is 2.12 bits per heavy atom. The number of nitrogens with zero attached hydrogens (tertiary/aromatic N) is 2. The van der Waals surface area contributed by atoms with Crippen LogP contribution in [-0.2, 0) is 4.79 Å². The molecular weight excluding hydrogens is 200 g/mol. The topological polar surface area (TPSA) is 32.7 Å². The first kappa shape index (κ1) is 12.9. The second-order valence-electron chi connectivity index (χ2n) is 4.38. The van der Waals surface area contributed by atoms with E-state index < -0.39 is 0 Å². The monoisotopic (exact) mass is 222 g/mol. The molecule has 1 rings (SSSR count). The van der Waals surface area contributed by atoms with Crippen LogP contribution in [0.4, 0.5) is 0 Å². The van der Waals surface area contributed by atoms with Crippen molar-refractivity contribution in [2.24, 2.45) is 4.99 Å². The Morgan fingerprint density at radius 1 is 1.50 bits per heavy atom. The molecule has 1 amide bonds. The Morgan fingerprint density at radius 3 is 2.50 bits per heavy atom. The Labute approximate surface area is 98.2 Å². The van der Waals surface area contributed by atoms with Crippen LogP contribution >= 0.6 is 0 Å². The van der Waals surface area contributed by atoms with Crippen molar-refractivity contribution in [1.82, 2.24) is 4.90 Å². The zero-order chi connectivity index (χ0) is 12.1. The normalized spacial score (nSPS) is 18.2. The molecule has 0 unspecified atom stereocenters. The number of aliphatic imine (C=N–C) groups is 1. The van der Waals surface area contributed by atoms with Crippen LogP contribution in [0.1, 0.15) is 46.5 Å². The van der Waals surface area contributed by atoms with Crippen LogP contribution < -0.4 is 0 Å². The molecule has 0 aromatic rings. The number of allylic oxidation sites excluding steroid dienone is 1. The second kappa shape index (κ2) is 5.83. The molecule has 90 valence electrons. The lowest BCUT2D eigenvalue weighted by Gasteiger charge is -2.34. The summed E-state index contributed by atoms with van der Waals surface area (Å²) in [4.78, 5) is 18.3. The minimum absolute atomic E-state index is 0.0556. The third kappa shape index (κ3) is 2.94. The zero-order valence-corrected chi connectivity index (χ0v) is 10.8. The number of carbonyl (C=O) groups excluding carboxylic acids is 1. The number of amides is 1. The molecule has 0 saturated heterocycles. The third-order valence-electron chi connectivity index (χ3n) is 3.26.